The molecule has 1 saturated carbocycles. The summed E-state index contributed by atoms with van der Waals surface area (Å²) in [5.74, 6) is 0.544. The fraction of sp³-hybridized carbons (Fsp3) is 0.571. The fourth-order valence-electron chi connectivity index (χ4n) is 2.70. The highest BCUT2D eigenvalue weighted by Gasteiger charge is 2.22. The number of nitrogens with two attached hydrogens (primary N) is 1. The predicted molar refractivity (Wildman–Crippen MR) is 80.3 cm³/mol. The Bertz CT molecular complexity index is 493. The molecule has 108 valence electrons. The molecular weight excluding hydrogens is 282 g/mol. The van der Waals surface area contributed by atoms with Gasteiger partial charge in [0.1, 0.15) is 0 Å². The van der Waals surface area contributed by atoms with E-state index in [1.54, 1.807) is 12.1 Å². The third kappa shape index (κ3) is 4.20. The highest BCUT2D eigenvalue weighted by molar-refractivity contribution is 7.90. The molecule has 1 aromatic rings. The summed E-state index contributed by atoms with van der Waals surface area (Å²) >= 11 is 0. The number of halogens is 1. The Labute approximate surface area is 121 Å². The third-order valence-electron chi connectivity index (χ3n) is 3.85. The molecule has 0 aromatic heterocycles. The lowest BCUT2D eigenvalue weighted by Crippen LogP contribution is -2.23. The Balaban J connectivity index is 0.00000180. The van der Waals surface area contributed by atoms with Crippen LogP contribution in [0.4, 0.5) is 0 Å². The van der Waals surface area contributed by atoms with Gasteiger partial charge in [0.25, 0.3) is 0 Å². The molecule has 1 fully saturated rings. The quantitative estimate of drug-likeness (QED) is 0.933. The minimum atomic E-state index is -3.11. The maximum Gasteiger partial charge on any atom is 0.175 e. The number of benzene rings is 1. The van der Waals surface area contributed by atoms with E-state index >= 15 is 0 Å². The third-order valence-corrected chi connectivity index (χ3v) is 4.98. The van der Waals surface area contributed by atoms with Crippen molar-refractivity contribution < 1.29 is 8.42 Å². The average Bonchev–Trinajstić information content (AvgIpc) is 2.38. The second-order valence-corrected chi connectivity index (χ2v) is 7.28. The number of hydrogen-bond acceptors (Lipinski definition) is 3. The van der Waals surface area contributed by atoms with Gasteiger partial charge in [-0.25, -0.2) is 8.42 Å². The maximum atomic E-state index is 11.4. The van der Waals surface area contributed by atoms with Gasteiger partial charge in [0, 0.05) is 12.3 Å². The maximum absolute atomic E-state index is 11.4. The Hall–Kier alpha value is -0.580. The van der Waals surface area contributed by atoms with E-state index in [4.69, 9.17) is 5.73 Å². The summed E-state index contributed by atoms with van der Waals surface area (Å²) in [6.07, 6.45) is 7.45. The second kappa shape index (κ2) is 6.73. The first-order valence-corrected chi connectivity index (χ1v) is 8.43. The number of rotatable bonds is 3. The molecule has 0 heterocycles. The summed E-state index contributed by atoms with van der Waals surface area (Å²) in [6, 6.07) is 7.07. The predicted octanol–water partition coefficient (Wildman–Crippen LogP) is 3.09. The molecule has 0 saturated heterocycles. The van der Waals surface area contributed by atoms with Crippen LogP contribution in [0, 0.1) is 5.92 Å². The largest absolute Gasteiger partial charge is 0.324 e. The van der Waals surface area contributed by atoms with E-state index in [1.807, 2.05) is 12.1 Å². The number of hydrogen-bond donors (Lipinski definition) is 1. The molecule has 0 radical (unpaired) electrons. The Kier molecular flexibility index (Phi) is 5.83. The van der Waals surface area contributed by atoms with Gasteiger partial charge >= 0.3 is 0 Å². The molecule has 0 amide bonds. The number of sulfone groups is 1. The van der Waals surface area contributed by atoms with Crippen LogP contribution in [0.3, 0.4) is 0 Å². The van der Waals surface area contributed by atoms with Gasteiger partial charge in [0.05, 0.1) is 4.90 Å². The highest BCUT2D eigenvalue weighted by atomic mass is 35.5. The first-order valence-electron chi connectivity index (χ1n) is 6.54. The van der Waals surface area contributed by atoms with E-state index in [1.165, 1.54) is 38.4 Å². The summed E-state index contributed by atoms with van der Waals surface area (Å²) in [4.78, 5) is 0.363. The van der Waals surface area contributed by atoms with Crippen LogP contribution in [0.2, 0.25) is 0 Å². The molecule has 19 heavy (non-hydrogen) atoms. The minimum Gasteiger partial charge on any atom is -0.324 e. The molecule has 1 aliphatic rings. The van der Waals surface area contributed by atoms with E-state index in [0.717, 1.165) is 5.56 Å². The SMILES string of the molecule is CS(=O)(=O)c1ccc([C@H](N)C2CCCCC2)cc1.Cl. The van der Waals surface area contributed by atoms with Crippen molar-refractivity contribution in [3.8, 4) is 0 Å². The summed E-state index contributed by atoms with van der Waals surface area (Å²) in [5.41, 5.74) is 7.33. The molecule has 1 aromatic carbocycles. The fourth-order valence-corrected chi connectivity index (χ4v) is 3.33. The molecule has 0 aliphatic heterocycles. The van der Waals surface area contributed by atoms with Crippen LogP contribution < -0.4 is 5.73 Å². The lowest BCUT2D eigenvalue weighted by Gasteiger charge is -2.27. The van der Waals surface area contributed by atoms with E-state index in [0.29, 0.717) is 10.8 Å². The zero-order valence-electron chi connectivity index (χ0n) is 11.2. The lowest BCUT2D eigenvalue weighted by atomic mass is 9.81. The summed E-state index contributed by atoms with van der Waals surface area (Å²) in [5, 5.41) is 0. The van der Waals surface area contributed by atoms with Gasteiger partial charge in [-0.1, -0.05) is 31.4 Å². The van der Waals surface area contributed by atoms with Crippen molar-refractivity contribution in [1.82, 2.24) is 0 Å². The molecule has 1 atom stereocenters. The molecule has 1 aliphatic carbocycles. The van der Waals surface area contributed by atoms with Gasteiger partial charge in [-0.15, -0.1) is 12.4 Å². The van der Waals surface area contributed by atoms with Crippen molar-refractivity contribution in [2.45, 2.75) is 43.0 Å². The van der Waals surface area contributed by atoms with Crippen LogP contribution in [0.1, 0.15) is 43.7 Å². The van der Waals surface area contributed by atoms with E-state index < -0.39 is 9.84 Å². The first kappa shape index (κ1) is 16.5. The highest BCUT2D eigenvalue weighted by Crippen LogP contribution is 2.33. The molecule has 0 spiro atoms. The van der Waals surface area contributed by atoms with E-state index in [2.05, 4.69) is 0 Å². The molecule has 2 rings (SSSR count). The molecule has 3 nitrogen and oxygen atoms in total. The molecular formula is C14H22ClNO2S. The van der Waals surface area contributed by atoms with Crippen molar-refractivity contribution in [3.63, 3.8) is 0 Å². The normalized spacial score (nSPS) is 18.6. The van der Waals surface area contributed by atoms with Crippen LogP contribution in [-0.2, 0) is 9.84 Å². The van der Waals surface area contributed by atoms with Gasteiger partial charge in [-0.3, -0.25) is 0 Å². The van der Waals surface area contributed by atoms with Crippen LogP contribution in [-0.4, -0.2) is 14.7 Å². The van der Waals surface area contributed by atoms with Crippen LogP contribution in [0.25, 0.3) is 0 Å². The monoisotopic (exact) mass is 303 g/mol. The van der Waals surface area contributed by atoms with Gasteiger partial charge < -0.3 is 5.73 Å². The topological polar surface area (TPSA) is 60.2 Å². The minimum absolute atomic E-state index is 0. The van der Waals surface area contributed by atoms with Crippen LogP contribution >= 0.6 is 12.4 Å². The zero-order chi connectivity index (χ0) is 13.2. The van der Waals surface area contributed by atoms with Crippen molar-refractivity contribution in [3.05, 3.63) is 29.8 Å². The average molecular weight is 304 g/mol. The van der Waals surface area contributed by atoms with Gasteiger partial charge in [0.15, 0.2) is 9.84 Å². The van der Waals surface area contributed by atoms with E-state index in [9.17, 15) is 8.42 Å². The summed E-state index contributed by atoms with van der Waals surface area (Å²) in [7, 11) is -3.11. The molecule has 2 N–H and O–H groups in total. The first-order chi connectivity index (χ1) is 8.48. The van der Waals surface area contributed by atoms with Gasteiger partial charge in [0.2, 0.25) is 0 Å². The zero-order valence-corrected chi connectivity index (χ0v) is 12.8. The van der Waals surface area contributed by atoms with Crippen molar-refractivity contribution >= 4 is 22.2 Å². The molecule has 5 heteroatoms. The second-order valence-electron chi connectivity index (χ2n) is 5.27. The molecule has 0 bridgehead atoms. The van der Waals surface area contributed by atoms with Crippen molar-refractivity contribution in [2.75, 3.05) is 6.26 Å². The smallest absolute Gasteiger partial charge is 0.175 e. The van der Waals surface area contributed by atoms with Gasteiger partial charge in [-0.05, 0) is 36.5 Å². The summed E-state index contributed by atoms with van der Waals surface area (Å²) < 4.78 is 22.8. The van der Waals surface area contributed by atoms with Crippen molar-refractivity contribution in [1.29, 1.82) is 0 Å². The summed E-state index contributed by atoms with van der Waals surface area (Å²) in [6.45, 7) is 0. The van der Waals surface area contributed by atoms with Crippen LogP contribution in [0.15, 0.2) is 29.2 Å². The Morgan fingerprint density at radius 3 is 2.11 bits per heavy atom. The van der Waals surface area contributed by atoms with Crippen LogP contribution in [0.5, 0.6) is 0 Å². The van der Waals surface area contributed by atoms with E-state index in [-0.39, 0.29) is 18.4 Å². The lowest BCUT2D eigenvalue weighted by molar-refractivity contribution is 0.308. The van der Waals surface area contributed by atoms with Crippen molar-refractivity contribution in [2.24, 2.45) is 11.7 Å². The Morgan fingerprint density at radius 1 is 1.11 bits per heavy atom. The standard InChI is InChI=1S/C14H21NO2S.ClH/c1-18(16,17)13-9-7-12(8-10-13)14(15)11-5-3-2-4-6-11;/h7-11,14H,2-6,15H2,1H3;1H/t14-;/m1./s1. The van der Waals surface area contributed by atoms with Gasteiger partial charge in [-0.2, -0.15) is 0 Å². The molecule has 0 unspecified atom stereocenters. The Morgan fingerprint density at radius 2 is 1.63 bits per heavy atom.